The van der Waals surface area contributed by atoms with Gasteiger partial charge in [0.15, 0.2) is 0 Å². The van der Waals surface area contributed by atoms with Gasteiger partial charge in [0.05, 0.1) is 16.6 Å². The molecule has 4 N–H and O–H groups in total. The SMILES string of the molecule is CC(C)N=C(N)c1ccc2nc(-c3ccc(OCCNc4ccnc5cc(Cl)ccc45)cc3)[nH]c2c1. The highest BCUT2D eigenvalue weighted by Crippen LogP contribution is 2.25. The number of halogens is 1. The zero-order valence-corrected chi connectivity index (χ0v) is 20.9. The topological polar surface area (TPSA) is 101 Å². The minimum Gasteiger partial charge on any atom is -0.492 e. The van der Waals surface area contributed by atoms with Gasteiger partial charge in [-0.1, -0.05) is 11.6 Å². The van der Waals surface area contributed by atoms with Crippen LogP contribution in [-0.2, 0) is 0 Å². The van der Waals surface area contributed by atoms with Gasteiger partial charge in [0.25, 0.3) is 0 Å². The van der Waals surface area contributed by atoms with Crippen molar-refractivity contribution in [3.63, 3.8) is 0 Å². The van der Waals surface area contributed by atoms with Crippen LogP contribution >= 0.6 is 11.6 Å². The second kappa shape index (κ2) is 10.3. The number of nitrogens with one attached hydrogen (secondary N) is 2. The van der Waals surface area contributed by atoms with E-state index in [0.717, 1.165) is 50.3 Å². The molecule has 0 atom stereocenters. The van der Waals surface area contributed by atoms with Gasteiger partial charge in [-0.15, -0.1) is 0 Å². The summed E-state index contributed by atoms with van der Waals surface area (Å²) in [7, 11) is 0. The molecule has 36 heavy (non-hydrogen) atoms. The number of amidine groups is 1. The third kappa shape index (κ3) is 5.26. The molecule has 2 aromatic heterocycles. The molecule has 0 unspecified atom stereocenters. The number of nitrogens with zero attached hydrogens (tertiary/aromatic N) is 3. The summed E-state index contributed by atoms with van der Waals surface area (Å²) in [4.78, 5) is 16.9. The second-order valence-corrected chi connectivity index (χ2v) is 9.18. The summed E-state index contributed by atoms with van der Waals surface area (Å²) in [5.74, 6) is 2.11. The fourth-order valence-corrected chi connectivity index (χ4v) is 4.16. The average Bonchev–Trinajstić information content (AvgIpc) is 3.30. The van der Waals surface area contributed by atoms with Crippen molar-refractivity contribution in [1.82, 2.24) is 15.0 Å². The van der Waals surface area contributed by atoms with E-state index in [1.807, 2.05) is 80.6 Å². The zero-order chi connectivity index (χ0) is 25.1. The third-order valence-electron chi connectivity index (χ3n) is 5.69. The predicted molar refractivity (Wildman–Crippen MR) is 148 cm³/mol. The van der Waals surface area contributed by atoms with E-state index in [1.165, 1.54) is 0 Å². The molecule has 0 amide bonds. The number of pyridine rings is 1. The lowest BCUT2D eigenvalue weighted by Crippen LogP contribution is -2.15. The molecule has 8 heteroatoms. The monoisotopic (exact) mass is 498 g/mol. The summed E-state index contributed by atoms with van der Waals surface area (Å²) in [5, 5.41) is 5.11. The maximum absolute atomic E-state index is 6.12. The summed E-state index contributed by atoms with van der Waals surface area (Å²) >= 11 is 6.07. The number of aliphatic imine (C=N–C) groups is 1. The van der Waals surface area contributed by atoms with Crippen molar-refractivity contribution in [2.75, 3.05) is 18.5 Å². The molecular formula is C28H27ClN6O. The molecule has 0 aliphatic heterocycles. The Bertz CT molecular complexity index is 1540. The molecule has 0 spiro atoms. The number of anilines is 1. The van der Waals surface area contributed by atoms with Crippen LogP contribution in [0.1, 0.15) is 19.4 Å². The molecule has 0 fully saturated rings. The number of ether oxygens (including phenoxy) is 1. The standard InChI is InChI=1S/C28H27ClN6O/c1-17(2)33-27(30)19-5-10-24-26(15-19)35-28(34-24)18-3-7-21(8-4-18)36-14-13-32-23-11-12-31-25-16-20(29)6-9-22(23)25/h3-12,15-17H,13-14H2,1-2H3,(H2,30,33)(H,31,32)(H,34,35). The molecule has 0 saturated heterocycles. The lowest BCUT2D eigenvalue weighted by Gasteiger charge is -2.11. The van der Waals surface area contributed by atoms with E-state index in [0.29, 0.717) is 24.0 Å². The van der Waals surface area contributed by atoms with Gasteiger partial charge < -0.3 is 20.8 Å². The molecule has 2 heterocycles. The Balaban J connectivity index is 1.21. The van der Waals surface area contributed by atoms with Crippen molar-refractivity contribution in [3.05, 3.63) is 83.5 Å². The number of fused-ring (bicyclic) bond motifs is 2. The summed E-state index contributed by atoms with van der Waals surface area (Å²) in [6, 6.07) is 21.6. The largest absolute Gasteiger partial charge is 0.492 e. The first-order valence-electron chi connectivity index (χ1n) is 11.8. The van der Waals surface area contributed by atoms with E-state index in [2.05, 4.69) is 20.3 Å². The Morgan fingerprint density at radius 1 is 1.06 bits per heavy atom. The normalized spacial score (nSPS) is 11.9. The van der Waals surface area contributed by atoms with Crippen LogP contribution in [0.15, 0.2) is 77.9 Å². The third-order valence-corrected chi connectivity index (χ3v) is 5.93. The van der Waals surface area contributed by atoms with Crippen LogP contribution < -0.4 is 15.8 Å². The maximum Gasteiger partial charge on any atom is 0.138 e. The molecule has 0 radical (unpaired) electrons. The number of hydrogen-bond donors (Lipinski definition) is 3. The maximum atomic E-state index is 6.12. The Hall–Kier alpha value is -4.10. The van der Waals surface area contributed by atoms with E-state index in [1.54, 1.807) is 6.20 Å². The lowest BCUT2D eigenvalue weighted by molar-refractivity contribution is 0.333. The van der Waals surface area contributed by atoms with Gasteiger partial charge in [-0.3, -0.25) is 9.98 Å². The first kappa shape index (κ1) is 23.6. The van der Waals surface area contributed by atoms with Crippen molar-refractivity contribution in [2.24, 2.45) is 10.7 Å². The van der Waals surface area contributed by atoms with Crippen LogP contribution in [0, 0.1) is 0 Å². The van der Waals surface area contributed by atoms with Gasteiger partial charge in [-0.05, 0) is 80.6 Å². The quantitative estimate of drug-likeness (QED) is 0.138. The van der Waals surface area contributed by atoms with Crippen LogP contribution in [0.4, 0.5) is 5.69 Å². The van der Waals surface area contributed by atoms with E-state index >= 15 is 0 Å². The molecule has 5 aromatic rings. The highest BCUT2D eigenvalue weighted by Gasteiger charge is 2.09. The number of rotatable bonds is 8. The van der Waals surface area contributed by atoms with Crippen LogP contribution in [0.3, 0.4) is 0 Å². The molecule has 0 aliphatic carbocycles. The van der Waals surface area contributed by atoms with Gasteiger partial charge in [0.2, 0.25) is 0 Å². The number of benzene rings is 3. The zero-order valence-electron chi connectivity index (χ0n) is 20.1. The molecule has 7 nitrogen and oxygen atoms in total. The van der Waals surface area contributed by atoms with E-state index in [-0.39, 0.29) is 6.04 Å². The van der Waals surface area contributed by atoms with E-state index in [9.17, 15) is 0 Å². The highest BCUT2D eigenvalue weighted by atomic mass is 35.5. The van der Waals surface area contributed by atoms with Crippen molar-refractivity contribution < 1.29 is 4.74 Å². The Morgan fingerprint density at radius 3 is 2.69 bits per heavy atom. The Labute approximate surface area is 214 Å². The first-order valence-corrected chi connectivity index (χ1v) is 12.2. The summed E-state index contributed by atoms with van der Waals surface area (Å²) in [5.41, 5.74) is 11.6. The average molecular weight is 499 g/mol. The summed E-state index contributed by atoms with van der Waals surface area (Å²) in [6.07, 6.45) is 1.77. The van der Waals surface area contributed by atoms with Crippen LogP contribution in [0.2, 0.25) is 5.02 Å². The van der Waals surface area contributed by atoms with Crippen molar-refractivity contribution in [2.45, 2.75) is 19.9 Å². The fraction of sp³-hybridized carbons (Fsp3) is 0.179. The highest BCUT2D eigenvalue weighted by molar-refractivity contribution is 6.31. The smallest absolute Gasteiger partial charge is 0.138 e. The van der Waals surface area contributed by atoms with Gasteiger partial charge in [0.1, 0.15) is 24.0 Å². The summed E-state index contributed by atoms with van der Waals surface area (Å²) in [6.45, 7) is 5.17. The molecule has 0 aliphatic rings. The summed E-state index contributed by atoms with van der Waals surface area (Å²) < 4.78 is 5.93. The number of aromatic amines is 1. The van der Waals surface area contributed by atoms with Gasteiger partial charge >= 0.3 is 0 Å². The number of imidazole rings is 1. The Kier molecular flexibility index (Phi) is 6.73. The second-order valence-electron chi connectivity index (χ2n) is 8.75. The van der Waals surface area contributed by atoms with Crippen molar-refractivity contribution in [1.29, 1.82) is 0 Å². The molecule has 0 saturated carbocycles. The van der Waals surface area contributed by atoms with Gasteiger partial charge in [0, 0.05) is 46.0 Å². The lowest BCUT2D eigenvalue weighted by atomic mass is 10.2. The minimum absolute atomic E-state index is 0.143. The molecule has 3 aromatic carbocycles. The minimum atomic E-state index is 0.143. The van der Waals surface area contributed by atoms with Crippen LogP contribution in [-0.4, -0.2) is 40.0 Å². The Morgan fingerprint density at radius 2 is 1.89 bits per heavy atom. The first-order chi connectivity index (χ1) is 17.5. The number of hydrogen-bond acceptors (Lipinski definition) is 5. The van der Waals surface area contributed by atoms with Gasteiger partial charge in [-0.25, -0.2) is 4.98 Å². The van der Waals surface area contributed by atoms with Gasteiger partial charge in [-0.2, -0.15) is 0 Å². The predicted octanol–water partition coefficient (Wildman–Crippen LogP) is 6.04. The number of nitrogens with two attached hydrogens (primary N) is 1. The van der Waals surface area contributed by atoms with Crippen LogP contribution in [0.5, 0.6) is 5.75 Å². The molecule has 0 bridgehead atoms. The number of H-pyrrole nitrogens is 1. The molecule has 5 rings (SSSR count). The fourth-order valence-electron chi connectivity index (χ4n) is 4.00. The number of aromatic nitrogens is 3. The molecule has 182 valence electrons. The van der Waals surface area contributed by atoms with Crippen molar-refractivity contribution in [3.8, 4) is 17.1 Å². The van der Waals surface area contributed by atoms with Crippen LogP contribution in [0.25, 0.3) is 33.3 Å². The van der Waals surface area contributed by atoms with E-state index in [4.69, 9.17) is 27.1 Å². The van der Waals surface area contributed by atoms with E-state index < -0.39 is 0 Å². The van der Waals surface area contributed by atoms with Crippen molar-refractivity contribution >= 4 is 45.1 Å². The molecular weight excluding hydrogens is 472 g/mol.